The van der Waals surface area contributed by atoms with Crippen molar-refractivity contribution in [3.8, 4) is 0 Å². The van der Waals surface area contributed by atoms with Gasteiger partial charge in [-0.1, -0.05) is 6.92 Å². The van der Waals surface area contributed by atoms with Crippen molar-refractivity contribution in [2.45, 2.75) is 57.7 Å². The number of rotatable bonds is 4. The molecular formula is C14H24N4O2. The zero-order chi connectivity index (χ0) is 14.5. The van der Waals surface area contributed by atoms with Gasteiger partial charge in [0.25, 0.3) is 0 Å². The topological polar surface area (TPSA) is 79.2 Å². The molecule has 2 amide bonds. The van der Waals surface area contributed by atoms with Gasteiger partial charge in [0, 0.05) is 31.4 Å². The zero-order valence-electron chi connectivity index (χ0n) is 12.2. The first-order chi connectivity index (χ1) is 9.58. The predicted molar refractivity (Wildman–Crippen MR) is 76.2 cm³/mol. The molecule has 0 aliphatic heterocycles. The first-order valence-electron chi connectivity index (χ1n) is 7.32. The molecule has 0 spiro atoms. The Bertz CT molecular complexity index is 450. The summed E-state index contributed by atoms with van der Waals surface area (Å²) in [6, 6.07) is 0.0373. The van der Waals surface area contributed by atoms with Crippen LogP contribution in [0, 0.1) is 0 Å². The van der Waals surface area contributed by atoms with Crippen LogP contribution in [0.15, 0.2) is 6.20 Å². The van der Waals surface area contributed by atoms with E-state index in [0.29, 0.717) is 6.54 Å². The fourth-order valence-corrected chi connectivity index (χ4v) is 2.66. The minimum Gasteiger partial charge on any atom is -0.393 e. The molecule has 1 fully saturated rings. The minimum absolute atomic E-state index is 0.141. The number of amides is 2. The van der Waals surface area contributed by atoms with Crippen LogP contribution in [0.25, 0.3) is 0 Å². The van der Waals surface area contributed by atoms with Gasteiger partial charge in [0.1, 0.15) is 0 Å². The van der Waals surface area contributed by atoms with Gasteiger partial charge in [-0.2, -0.15) is 5.10 Å². The molecule has 20 heavy (non-hydrogen) atoms. The zero-order valence-corrected chi connectivity index (χ0v) is 12.2. The number of aliphatic hydroxyl groups excluding tert-OH is 1. The molecule has 6 heteroatoms. The molecule has 1 aromatic rings. The van der Waals surface area contributed by atoms with Crippen molar-refractivity contribution in [3.63, 3.8) is 0 Å². The molecule has 0 atom stereocenters. The second kappa shape index (κ2) is 6.74. The molecule has 3 N–H and O–H groups in total. The van der Waals surface area contributed by atoms with E-state index in [2.05, 4.69) is 22.7 Å². The number of aromatic nitrogens is 2. The fraction of sp³-hybridized carbons (Fsp3) is 0.714. The summed E-state index contributed by atoms with van der Waals surface area (Å²) < 4.78 is 1.77. The van der Waals surface area contributed by atoms with Gasteiger partial charge in [0.05, 0.1) is 11.8 Å². The van der Waals surface area contributed by atoms with E-state index in [1.54, 1.807) is 4.68 Å². The van der Waals surface area contributed by atoms with Gasteiger partial charge in [0.15, 0.2) is 0 Å². The van der Waals surface area contributed by atoms with Gasteiger partial charge < -0.3 is 15.7 Å². The SMILES string of the molecule is CCc1nn(C)cc1CNC(=O)NC1CCC(O)CC1. The third-order valence-electron chi connectivity index (χ3n) is 3.80. The van der Waals surface area contributed by atoms with E-state index in [4.69, 9.17) is 0 Å². The molecule has 0 radical (unpaired) electrons. The van der Waals surface area contributed by atoms with Gasteiger partial charge in [0.2, 0.25) is 0 Å². The Labute approximate surface area is 119 Å². The molecule has 1 aliphatic carbocycles. The molecule has 1 aliphatic rings. The Hall–Kier alpha value is -1.56. The molecule has 1 aromatic heterocycles. The maximum Gasteiger partial charge on any atom is 0.315 e. The standard InChI is InChI=1S/C14H24N4O2/c1-3-13-10(9-18(2)17-13)8-15-14(20)16-11-4-6-12(19)7-5-11/h9,11-12,19H,3-8H2,1-2H3,(H2,15,16,20). The second-order valence-corrected chi connectivity index (χ2v) is 5.46. The summed E-state index contributed by atoms with van der Waals surface area (Å²) in [6.45, 7) is 2.55. The third kappa shape index (κ3) is 3.96. The molecule has 0 saturated heterocycles. The van der Waals surface area contributed by atoms with Crippen LogP contribution in [-0.2, 0) is 20.0 Å². The van der Waals surface area contributed by atoms with Crippen molar-refractivity contribution in [1.29, 1.82) is 0 Å². The molecule has 0 unspecified atom stereocenters. The van der Waals surface area contributed by atoms with Crippen LogP contribution in [-0.4, -0.2) is 33.1 Å². The van der Waals surface area contributed by atoms with Crippen molar-refractivity contribution < 1.29 is 9.90 Å². The summed E-state index contributed by atoms with van der Waals surface area (Å²) >= 11 is 0. The summed E-state index contributed by atoms with van der Waals surface area (Å²) in [5.74, 6) is 0. The van der Waals surface area contributed by atoms with E-state index < -0.39 is 0 Å². The summed E-state index contributed by atoms with van der Waals surface area (Å²) in [6.07, 6.45) is 5.85. The summed E-state index contributed by atoms with van der Waals surface area (Å²) in [4.78, 5) is 11.9. The van der Waals surface area contributed by atoms with Crippen molar-refractivity contribution in [2.75, 3.05) is 0 Å². The number of aryl methyl sites for hydroxylation is 2. The third-order valence-corrected chi connectivity index (χ3v) is 3.80. The molecule has 0 bridgehead atoms. The Morgan fingerprint density at radius 3 is 2.80 bits per heavy atom. The Morgan fingerprint density at radius 2 is 2.15 bits per heavy atom. The normalized spacial score (nSPS) is 22.6. The quantitative estimate of drug-likeness (QED) is 0.772. The van der Waals surface area contributed by atoms with Gasteiger partial charge in [-0.15, -0.1) is 0 Å². The fourth-order valence-electron chi connectivity index (χ4n) is 2.66. The first-order valence-corrected chi connectivity index (χ1v) is 7.32. The summed E-state index contributed by atoms with van der Waals surface area (Å²) in [7, 11) is 1.88. The Morgan fingerprint density at radius 1 is 1.45 bits per heavy atom. The largest absolute Gasteiger partial charge is 0.393 e. The van der Waals surface area contributed by atoms with E-state index >= 15 is 0 Å². The van der Waals surface area contributed by atoms with Crippen molar-refractivity contribution in [1.82, 2.24) is 20.4 Å². The van der Waals surface area contributed by atoms with Crippen LogP contribution in [0.2, 0.25) is 0 Å². The van der Waals surface area contributed by atoms with E-state index in [1.165, 1.54) is 0 Å². The highest BCUT2D eigenvalue weighted by atomic mass is 16.3. The van der Waals surface area contributed by atoms with Crippen LogP contribution < -0.4 is 10.6 Å². The maximum absolute atomic E-state index is 11.9. The molecule has 1 saturated carbocycles. The molecule has 6 nitrogen and oxygen atoms in total. The van der Waals surface area contributed by atoms with E-state index in [9.17, 15) is 9.90 Å². The molecule has 112 valence electrons. The van der Waals surface area contributed by atoms with Crippen LogP contribution in [0.5, 0.6) is 0 Å². The van der Waals surface area contributed by atoms with E-state index in [1.807, 2.05) is 13.2 Å². The van der Waals surface area contributed by atoms with Crippen LogP contribution in [0.1, 0.15) is 43.9 Å². The number of nitrogens with one attached hydrogen (secondary N) is 2. The monoisotopic (exact) mass is 280 g/mol. The number of hydrogen-bond donors (Lipinski definition) is 3. The summed E-state index contributed by atoms with van der Waals surface area (Å²) in [5.41, 5.74) is 2.08. The van der Waals surface area contributed by atoms with Crippen molar-refractivity contribution in [3.05, 3.63) is 17.5 Å². The predicted octanol–water partition coefficient (Wildman–Crippen LogP) is 1.09. The molecular weight excluding hydrogens is 256 g/mol. The highest BCUT2D eigenvalue weighted by Gasteiger charge is 2.20. The number of carbonyl (C=O) groups is 1. The first kappa shape index (κ1) is 14.8. The average molecular weight is 280 g/mol. The van der Waals surface area contributed by atoms with Crippen LogP contribution >= 0.6 is 0 Å². The minimum atomic E-state index is -0.196. The lowest BCUT2D eigenvalue weighted by Gasteiger charge is -2.26. The molecule has 1 heterocycles. The van der Waals surface area contributed by atoms with Crippen LogP contribution in [0.4, 0.5) is 4.79 Å². The number of urea groups is 1. The molecule has 2 rings (SSSR count). The highest BCUT2D eigenvalue weighted by molar-refractivity contribution is 5.74. The number of nitrogens with zero attached hydrogens (tertiary/aromatic N) is 2. The Kier molecular flexibility index (Phi) is 5.00. The highest BCUT2D eigenvalue weighted by Crippen LogP contribution is 2.18. The van der Waals surface area contributed by atoms with Crippen molar-refractivity contribution >= 4 is 6.03 Å². The number of hydrogen-bond acceptors (Lipinski definition) is 3. The van der Waals surface area contributed by atoms with Gasteiger partial charge in [-0.25, -0.2) is 4.79 Å². The number of aliphatic hydroxyl groups is 1. The van der Waals surface area contributed by atoms with Crippen LogP contribution in [0.3, 0.4) is 0 Å². The van der Waals surface area contributed by atoms with E-state index in [0.717, 1.165) is 43.4 Å². The average Bonchev–Trinajstić information content (AvgIpc) is 2.79. The van der Waals surface area contributed by atoms with Gasteiger partial charge in [-0.3, -0.25) is 4.68 Å². The van der Waals surface area contributed by atoms with E-state index in [-0.39, 0.29) is 18.2 Å². The lowest BCUT2D eigenvalue weighted by Crippen LogP contribution is -2.43. The van der Waals surface area contributed by atoms with Gasteiger partial charge in [-0.05, 0) is 32.1 Å². The maximum atomic E-state index is 11.9. The smallest absolute Gasteiger partial charge is 0.315 e. The van der Waals surface area contributed by atoms with Crippen molar-refractivity contribution in [2.24, 2.45) is 7.05 Å². The summed E-state index contributed by atoms with van der Waals surface area (Å²) in [5, 5.41) is 19.6. The number of carbonyl (C=O) groups excluding carboxylic acids is 1. The lowest BCUT2D eigenvalue weighted by molar-refractivity contribution is 0.117. The Balaban J connectivity index is 1.77. The molecule has 0 aromatic carbocycles. The van der Waals surface area contributed by atoms with Gasteiger partial charge >= 0.3 is 6.03 Å². The lowest BCUT2D eigenvalue weighted by atomic mass is 9.93. The second-order valence-electron chi connectivity index (χ2n) is 5.46.